The third kappa shape index (κ3) is 3.94. The quantitative estimate of drug-likeness (QED) is 0.686. The van der Waals surface area contributed by atoms with E-state index in [1.54, 1.807) is 0 Å². The van der Waals surface area contributed by atoms with Gasteiger partial charge in [0.2, 0.25) is 5.91 Å². The summed E-state index contributed by atoms with van der Waals surface area (Å²) in [4.78, 5) is 13.8. The molecule has 1 heterocycles. The van der Waals surface area contributed by atoms with Gasteiger partial charge in [0.25, 0.3) is 0 Å². The summed E-state index contributed by atoms with van der Waals surface area (Å²) < 4.78 is 5.39. The van der Waals surface area contributed by atoms with E-state index in [1.165, 1.54) is 0 Å². The normalized spacial score (nSPS) is 25.5. The van der Waals surface area contributed by atoms with Crippen molar-refractivity contribution in [2.24, 2.45) is 5.73 Å². The Kier molecular flexibility index (Phi) is 5.36. The molecule has 1 aliphatic rings. The highest BCUT2D eigenvalue weighted by molar-refractivity contribution is 5.84. The second-order valence-corrected chi connectivity index (χ2v) is 4.94. The Morgan fingerprint density at radius 3 is 2.88 bits per heavy atom. The Morgan fingerprint density at radius 2 is 2.35 bits per heavy atom. The smallest absolute Gasteiger partial charge is 0.237 e. The average molecular weight is 243 g/mol. The molecule has 1 saturated heterocycles. The Bertz CT molecular complexity index is 260. The van der Waals surface area contributed by atoms with Gasteiger partial charge >= 0.3 is 0 Å². The van der Waals surface area contributed by atoms with Crippen LogP contribution in [-0.4, -0.2) is 55.2 Å². The number of hydrogen-bond donors (Lipinski definition) is 2. The van der Waals surface area contributed by atoms with E-state index in [-0.39, 0.29) is 5.91 Å². The molecule has 0 radical (unpaired) electrons. The predicted octanol–water partition coefficient (Wildman–Crippen LogP) is -0.0493. The minimum atomic E-state index is -0.604. The minimum Gasteiger partial charge on any atom is -0.379 e. The first-order chi connectivity index (χ1) is 7.99. The van der Waals surface area contributed by atoms with Crippen molar-refractivity contribution in [1.82, 2.24) is 10.2 Å². The molecule has 0 aromatic rings. The number of likely N-dealkylation sites (N-methyl/N-ethyl adjacent to an activating group) is 1. The van der Waals surface area contributed by atoms with Gasteiger partial charge in [0, 0.05) is 19.1 Å². The highest BCUT2D eigenvalue weighted by Gasteiger charge is 2.31. The number of primary amides is 1. The first-order valence-electron chi connectivity index (χ1n) is 6.36. The molecule has 1 amide bonds. The first kappa shape index (κ1) is 14.4. The van der Waals surface area contributed by atoms with Crippen LogP contribution in [0, 0.1) is 0 Å². The number of carbonyl (C=O) groups excluding carboxylic acids is 1. The standard InChI is InChI=1S/C12H25N3O2/c1-4-14-12(3,11(13)16)5-6-15-7-8-17-9-10(15)2/h10,14H,4-9H2,1-3H3,(H2,13,16). The van der Waals surface area contributed by atoms with Crippen molar-refractivity contribution in [3.63, 3.8) is 0 Å². The molecule has 1 fully saturated rings. The van der Waals surface area contributed by atoms with Gasteiger partial charge in [0.15, 0.2) is 0 Å². The number of nitrogens with two attached hydrogens (primary N) is 1. The van der Waals surface area contributed by atoms with E-state index in [9.17, 15) is 4.79 Å². The molecule has 1 aliphatic heterocycles. The molecule has 1 rings (SSSR count). The summed E-state index contributed by atoms with van der Waals surface area (Å²) in [5, 5.41) is 3.18. The van der Waals surface area contributed by atoms with Crippen molar-refractivity contribution < 1.29 is 9.53 Å². The number of ether oxygens (including phenoxy) is 1. The van der Waals surface area contributed by atoms with Gasteiger partial charge in [-0.15, -0.1) is 0 Å². The minimum absolute atomic E-state index is 0.278. The van der Waals surface area contributed by atoms with Crippen LogP contribution < -0.4 is 11.1 Å². The van der Waals surface area contributed by atoms with E-state index in [0.29, 0.717) is 6.04 Å². The molecule has 5 heteroatoms. The summed E-state index contributed by atoms with van der Waals surface area (Å²) in [5.74, 6) is -0.278. The van der Waals surface area contributed by atoms with Gasteiger partial charge in [-0.1, -0.05) is 6.92 Å². The first-order valence-corrected chi connectivity index (χ1v) is 6.36. The van der Waals surface area contributed by atoms with Crippen LogP contribution in [0.25, 0.3) is 0 Å². The summed E-state index contributed by atoms with van der Waals surface area (Å²) in [6, 6.07) is 0.419. The van der Waals surface area contributed by atoms with Crippen LogP contribution in [0.2, 0.25) is 0 Å². The van der Waals surface area contributed by atoms with Crippen molar-refractivity contribution in [1.29, 1.82) is 0 Å². The maximum atomic E-state index is 11.5. The second kappa shape index (κ2) is 6.33. The van der Waals surface area contributed by atoms with Crippen LogP contribution >= 0.6 is 0 Å². The zero-order valence-electron chi connectivity index (χ0n) is 11.2. The molecule has 0 aliphatic carbocycles. The summed E-state index contributed by atoms with van der Waals surface area (Å²) in [7, 11) is 0. The Hall–Kier alpha value is -0.650. The van der Waals surface area contributed by atoms with Crippen LogP contribution in [0.1, 0.15) is 27.2 Å². The molecule has 0 aromatic carbocycles. The highest BCUT2D eigenvalue weighted by Crippen LogP contribution is 2.13. The van der Waals surface area contributed by atoms with Gasteiger partial charge in [-0.2, -0.15) is 0 Å². The molecule has 0 spiro atoms. The number of hydrogen-bond acceptors (Lipinski definition) is 4. The van der Waals surface area contributed by atoms with E-state index < -0.39 is 5.54 Å². The van der Waals surface area contributed by atoms with Gasteiger partial charge in [0.05, 0.1) is 18.8 Å². The van der Waals surface area contributed by atoms with E-state index in [2.05, 4.69) is 17.1 Å². The van der Waals surface area contributed by atoms with Gasteiger partial charge < -0.3 is 15.8 Å². The van der Waals surface area contributed by atoms with Crippen LogP contribution in [0.3, 0.4) is 0 Å². The molecule has 3 N–H and O–H groups in total. The zero-order valence-corrected chi connectivity index (χ0v) is 11.2. The fourth-order valence-electron chi connectivity index (χ4n) is 2.15. The average Bonchev–Trinajstić information content (AvgIpc) is 2.28. The molecule has 2 unspecified atom stereocenters. The van der Waals surface area contributed by atoms with Gasteiger partial charge in [-0.3, -0.25) is 9.69 Å². The fraction of sp³-hybridized carbons (Fsp3) is 0.917. The number of nitrogens with one attached hydrogen (secondary N) is 1. The number of amides is 1. The zero-order chi connectivity index (χ0) is 12.9. The highest BCUT2D eigenvalue weighted by atomic mass is 16.5. The van der Waals surface area contributed by atoms with Crippen molar-refractivity contribution in [3.8, 4) is 0 Å². The molecular weight excluding hydrogens is 218 g/mol. The monoisotopic (exact) mass is 243 g/mol. The largest absolute Gasteiger partial charge is 0.379 e. The number of morpholine rings is 1. The Balaban J connectivity index is 2.48. The molecule has 0 saturated carbocycles. The molecular formula is C12H25N3O2. The van der Waals surface area contributed by atoms with Crippen LogP contribution in [0.4, 0.5) is 0 Å². The van der Waals surface area contributed by atoms with Crippen molar-refractivity contribution in [3.05, 3.63) is 0 Å². The lowest BCUT2D eigenvalue weighted by Crippen LogP contribution is -2.55. The van der Waals surface area contributed by atoms with E-state index in [0.717, 1.165) is 39.3 Å². The molecule has 0 aromatic heterocycles. The van der Waals surface area contributed by atoms with E-state index in [4.69, 9.17) is 10.5 Å². The molecule has 5 nitrogen and oxygen atoms in total. The number of carbonyl (C=O) groups is 1. The van der Waals surface area contributed by atoms with Crippen LogP contribution in [0.15, 0.2) is 0 Å². The Labute approximate surface area is 104 Å². The van der Waals surface area contributed by atoms with E-state index >= 15 is 0 Å². The molecule has 0 bridgehead atoms. The van der Waals surface area contributed by atoms with Gasteiger partial charge in [-0.05, 0) is 26.8 Å². The van der Waals surface area contributed by atoms with E-state index in [1.807, 2.05) is 13.8 Å². The summed E-state index contributed by atoms with van der Waals surface area (Å²) >= 11 is 0. The third-order valence-corrected chi connectivity index (χ3v) is 3.52. The van der Waals surface area contributed by atoms with Gasteiger partial charge in [-0.25, -0.2) is 0 Å². The maximum absolute atomic E-state index is 11.5. The van der Waals surface area contributed by atoms with Crippen molar-refractivity contribution in [2.75, 3.05) is 32.8 Å². The summed E-state index contributed by atoms with van der Waals surface area (Å²) in [6.45, 7) is 10.1. The van der Waals surface area contributed by atoms with Crippen LogP contribution in [-0.2, 0) is 9.53 Å². The van der Waals surface area contributed by atoms with Crippen molar-refractivity contribution >= 4 is 5.91 Å². The number of nitrogens with zero attached hydrogens (tertiary/aromatic N) is 1. The molecule has 2 atom stereocenters. The molecule has 100 valence electrons. The fourth-order valence-corrected chi connectivity index (χ4v) is 2.15. The maximum Gasteiger partial charge on any atom is 0.237 e. The summed E-state index contributed by atoms with van der Waals surface area (Å²) in [6.07, 6.45) is 0.737. The lowest BCUT2D eigenvalue weighted by atomic mass is 9.96. The van der Waals surface area contributed by atoms with Crippen molar-refractivity contribution in [2.45, 2.75) is 38.8 Å². The van der Waals surface area contributed by atoms with Crippen LogP contribution in [0.5, 0.6) is 0 Å². The topological polar surface area (TPSA) is 67.6 Å². The second-order valence-electron chi connectivity index (χ2n) is 4.94. The lowest BCUT2D eigenvalue weighted by molar-refractivity contribution is -0.124. The lowest BCUT2D eigenvalue weighted by Gasteiger charge is -2.36. The summed E-state index contributed by atoms with van der Waals surface area (Å²) in [5.41, 5.74) is 4.86. The van der Waals surface area contributed by atoms with Gasteiger partial charge in [0.1, 0.15) is 0 Å². The predicted molar refractivity (Wildman–Crippen MR) is 67.7 cm³/mol. The number of rotatable bonds is 6. The third-order valence-electron chi connectivity index (χ3n) is 3.52. The molecule has 17 heavy (non-hydrogen) atoms. The Morgan fingerprint density at radius 1 is 1.65 bits per heavy atom. The SMILES string of the molecule is CCNC(C)(CCN1CCOCC1C)C(N)=O.